The molecule has 104 valence electrons. The number of nitrogens with zero attached hydrogens (tertiary/aromatic N) is 2. The molecule has 0 spiro atoms. The van der Waals surface area contributed by atoms with Crippen LogP contribution >= 0.6 is 0 Å². The standard InChI is InChI=1S/C16H19N3O/c1-19(12-13-7-10-18-11-8-13)16(20)15-5-3-2-4-14(15)6-9-17/h2-5,7-8,10-11H,6,9,12,17H2,1H3. The van der Waals surface area contributed by atoms with Gasteiger partial charge in [-0.05, 0) is 42.3 Å². The van der Waals surface area contributed by atoms with Crippen LogP contribution in [0.4, 0.5) is 0 Å². The summed E-state index contributed by atoms with van der Waals surface area (Å²) in [5, 5.41) is 0. The summed E-state index contributed by atoms with van der Waals surface area (Å²) in [7, 11) is 1.81. The number of nitrogens with two attached hydrogens (primary N) is 1. The molecule has 1 aromatic carbocycles. The van der Waals surface area contributed by atoms with Gasteiger partial charge in [0.2, 0.25) is 0 Å². The van der Waals surface area contributed by atoms with Gasteiger partial charge in [0.05, 0.1) is 0 Å². The van der Waals surface area contributed by atoms with Gasteiger partial charge in [-0.1, -0.05) is 18.2 Å². The first kappa shape index (κ1) is 14.2. The largest absolute Gasteiger partial charge is 0.337 e. The van der Waals surface area contributed by atoms with Gasteiger partial charge in [0.1, 0.15) is 0 Å². The Morgan fingerprint density at radius 1 is 1.20 bits per heavy atom. The van der Waals surface area contributed by atoms with Gasteiger partial charge in [-0.2, -0.15) is 0 Å². The zero-order valence-corrected chi connectivity index (χ0v) is 11.6. The van der Waals surface area contributed by atoms with E-state index in [1.165, 1.54) is 0 Å². The van der Waals surface area contributed by atoms with Crippen molar-refractivity contribution in [2.24, 2.45) is 5.73 Å². The van der Waals surface area contributed by atoms with Crippen molar-refractivity contribution in [3.05, 3.63) is 65.5 Å². The minimum absolute atomic E-state index is 0.0193. The second-order valence-electron chi connectivity index (χ2n) is 4.71. The van der Waals surface area contributed by atoms with Crippen molar-refractivity contribution in [3.63, 3.8) is 0 Å². The summed E-state index contributed by atoms with van der Waals surface area (Å²) in [6.45, 7) is 1.11. The van der Waals surface area contributed by atoms with Crippen LogP contribution < -0.4 is 5.73 Å². The molecule has 4 heteroatoms. The maximum Gasteiger partial charge on any atom is 0.254 e. The highest BCUT2D eigenvalue weighted by molar-refractivity contribution is 5.95. The molecule has 0 aliphatic carbocycles. The number of carbonyl (C=O) groups excluding carboxylic acids is 1. The fourth-order valence-electron chi connectivity index (χ4n) is 2.14. The molecule has 0 atom stereocenters. The number of carbonyl (C=O) groups is 1. The highest BCUT2D eigenvalue weighted by Crippen LogP contribution is 2.13. The summed E-state index contributed by atoms with van der Waals surface area (Å²) in [4.78, 5) is 18.2. The zero-order valence-electron chi connectivity index (χ0n) is 11.6. The molecule has 2 N–H and O–H groups in total. The molecular formula is C16H19N3O. The molecule has 0 saturated heterocycles. The van der Waals surface area contributed by atoms with Crippen molar-refractivity contribution in [2.75, 3.05) is 13.6 Å². The Morgan fingerprint density at radius 3 is 2.60 bits per heavy atom. The molecular weight excluding hydrogens is 250 g/mol. The van der Waals surface area contributed by atoms with Gasteiger partial charge in [-0.3, -0.25) is 9.78 Å². The summed E-state index contributed by atoms with van der Waals surface area (Å²) in [5.74, 6) is 0.0193. The second-order valence-corrected chi connectivity index (χ2v) is 4.71. The molecule has 0 unspecified atom stereocenters. The van der Waals surface area contributed by atoms with E-state index in [4.69, 9.17) is 5.73 Å². The average molecular weight is 269 g/mol. The normalized spacial score (nSPS) is 10.3. The van der Waals surface area contributed by atoms with Gasteiger partial charge < -0.3 is 10.6 Å². The van der Waals surface area contributed by atoms with Gasteiger partial charge >= 0.3 is 0 Å². The molecule has 1 aromatic heterocycles. The summed E-state index contributed by atoms with van der Waals surface area (Å²) < 4.78 is 0. The Labute approximate surface area is 119 Å². The van der Waals surface area contributed by atoms with E-state index >= 15 is 0 Å². The summed E-state index contributed by atoms with van der Waals surface area (Å²) in [6, 6.07) is 11.5. The minimum Gasteiger partial charge on any atom is -0.337 e. The first-order valence-electron chi connectivity index (χ1n) is 6.64. The van der Waals surface area contributed by atoms with Crippen molar-refractivity contribution in [3.8, 4) is 0 Å². The summed E-state index contributed by atoms with van der Waals surface area (Å²) in [6.07, 6.45) is 4.18. The Bertz CT molecular complexity index is 569. The third-order valence-electron chi connectivity index (χ3n) is 3.18. The number of aromatic nitrogens is 1. The van der Waals surface area contributed by atoms with Crippen LogP contribution in [0.5, 0.6) is 0 Å². The fourth-order valence-corrected chi connectivity index (χ4v) is 2.14. The van der Waals surface area contributed by atoms with Gasteiger partial charge in [-0.15, -0.1) is 0 Å². The molecule has 0 bridgehead atoms. The Hall–Kier alpha value is -2.20. The minimum atomic E-state index is 0.0193. The van der Waals surface area contributed by atoms with Gasteiger partial charge in [0, 0.05) is 31.5 Å². The van der Waals surface area contributed by atoms with E-state index in [0.717, 1.165) is 16.7 Å². The Kier molecular flexibility index (Phi) is 4.85. The number of amides is 1. The quantitative estimate of drug-likeness (QED) is 0.901. The van der Waals surface area contributed by atoms with E-state index in [2.05, 4.69) is 4.98 Å². The molecule has 1 amide bonds. The van der Waals surface area contributed by atoms with E-state index in [9.17, 15) is 4.79 Å². The average Bonchev–Trinajstić information content (AvgIpc) is 2.48. The van der Waals surface area contributed by atoms with Crippen molar-refractivity contribution >= 4 is 5.91 Å². The maximum atomic E-state index is 12.5. The van der Waals surface area contributed by atoms with Crippen LogP contribution in [0.15, 0.2) is 48.8 Å². The molecule has 0 saturated carbocycles. The van der Waals surface area contributed by atoms with Crippen LogP contribution in [0.25, 0.3) is 0 Å². The number of hydrogen-bond acceptors (Lipinski definition) is 3. The first-order chi connectivity index (χ1) is 9.72. The summed E-state index contributed by atoms with van der Waals surface area (Å²) in [5.41, 5.74) is 8.39. The lowest BCUT2D eigenvalue weighted by atomic mass is 10.0. The lowest BCUT2D eigenvalue weighted by molar-refractivity contribution is 0.0784. The number of pyridine rings is 1. The number of hydrogen-bond donors (Lipinski definition) is 1. The first-order valence-corrected chi connectivity index (χ1v) is 6.64. The highest BCUT2D eigenvalue weighted by Gasteiger charge is 2.15. The zero-order chi connectivity index (χ0) is 14.4. The predicted molar refractivity (Wildman–Crippen MR) is 79.2 cm³/mol. The molecule has 20 heavy (non-hydrogen) atoms. The molecule has 2 rings (SSSR count). The van der Waals surface area contributed by atoms with Gasteiger partial charge in [0.25, 0.3) is 5.91 Å². The third-order valence-corrected chi connectivity index (χ3v) is 3.18. The molecule has 0 aliphatic heterocycles. The van der Waals surface area contributed by atoms with Crippen molar-refractivity contribution in [1.82, 2.24) is 9.88 Å². The number of rotatable bonds is 5. The van der Waals surface area contributed by atoms with Gasteiger partial charge in [0.15, 0.2) is 0 Å². The van der Waals surface area contributed by atoms with E-state index in [1.54, 1.807) is 17.3 Å². The Balaban J connectivity index is 2.14. The van der Waals surface area contributed by atoms with Gasteiger partial charge in [-0.25, -0.2) is 0 Å². The maximum absolute atomic E-state index is 12.5. The van der Waals surface area contributed by atoms with Crippen LogP contribution in [-0.2, 0) is 13.0 Å². The molecule has 0 fully saturated rings. The smallest absolute Gasteiger partial charge is 0.254 e. The lowest BCUT2D eigenvalue weighted by Crippen LogP contribution is -2.27. The predicted octanol–water partition coefficient (Wildman–Crippen LogP) is 1.85. The van der Waals surface area contributed by atoms with E-state index in [0.29, 0.717) is 19.5 Å². The Morgan fingerprint density at radius 2 is 1.90 bits per heavy atom. The lowest BCUT2D eigenvalue weighted by Gasteiger charge is -2.19. The van der Waals surface area contributed by atoms with Crippen LogP contribution in [0, 0.1) is 0 Å². The van der Waals surface area contributed by atoms with Crippen molar-refractivity contribution in [2.45, 2.75) is 13.0 Å². The van der Waals surface area contributed by atoms with E-state index < -0.39 is 0 Å². The van der Waals surface area contributed by atoms with Crippen molar-refractivity contribution < 1.29 is 4.79 Å². The van der Waals surface area contributed by atoms with Crippen LogP contribution in [0.3, 0.4) is 0 Å². The molecule has 0 aliphatic rings. The SMILES string of the molecule is CN(Cc1ccncc1)C(=O)c1ccccc1CCN. The topological polar surface area (TPSA) is 59.2 Å². The molecule has 0 radical (unpaired) electrons. The van der Waals surface area contributed by atoms with Crippen LogP contribution in [0.2, 0.25) is 0 Å². The van der Waals surface area contributed by atoms with E-state index in [1.807, 2.05) is 43.4 Å². The summed E-state index contributed by atoms with van der Waals surface area (Å²) >= 11 is 0. The highest BCUT2D eigenvalue weighted by atomic mass is 16.2. The third kappa shape index (κ3) is 3.42. The van der Waals surface area contributed by atoms with E-state index in [-0.39, 0.29) is 5.91 Å². The monoisotopic (exact) mass is 269 g/mol. The molecule has 4 nitrogen and oxygen atoms in total. The van der Waals surface area contributed by atoms with Crippen molar-refractivity contribution in [1.29, 1.82) is 0 Å². The second kappa shape index (κ2) is 6.82. The van der Waals surface area contributed by atoms with Crippen LogP contribution in [-0.4, -0.2) is 29.4 Å². The fraction of sp³-hybridized carbons (Fsp3) is 0.250. The molecule has 2 aromatic rings. The number of benzene rings is 1. The van der Waals surface area contributed by atoms with Crippen LogP contribution in [0.1, 0.15) is 21.5 Å². The molecule has 1 heterocycles.